The lowest BCUT2D eigenvalue weighted by molar-refractivity contribution is -0.157. The van der Waals surface area contributed by atoms with Crippen LogP contribution in [0.3, 0.4) is 0 Å². The molecule has 0 unspecified atom stereocenters. The van der Waals surface area contributed by atoms with E-state index in [1.54, 1.807) is 23.1 Å². The van der Waals surface area contributed by atoms with Gasteiger partial charge in [0, 0.05) is 31.1 Å². The lowest BCUT2D eigenvalue weighted by Crippen LogP contribution is -2.36. The van der Waals surface area contributed by atoms with Crippen molar-refractivity contribution in [1.82, 2.24) is 4.90 Å². The molecule has 158 valence electrons. The summed E-state index contributed by atoms with van der Waals surface area (Å²) in [5.41, 5.74) is 1.43. The minimum absolute atomic E-state index is 0.233. The number of rotatable bonds is 7. The Morgan fingerprint density at radius 3 is 2.43 bits per heavy atom. The van der Waals surface area contributed by atoms with Crippen LogP contribution in [0.25, 0.3) is 6.08 Å². The molecule has 0 saturated carbocycles. The van der Waals surface area contributed by atoms with Gasteiger partial charge >= 0.3 is 5.97 Å². The Bertz CT molecular complexity index is 890. The molecule has 1 atom stereocenters. The van der Waals surface area contributed by atoms with Gasteiger partial charge in [-0.1, -0.05) is 36.4 Å². The second-order valence-corrected chi connectivity index (χ2v) is 6.83. The molecule has 0 bridgehead atoms. The highest BCUT2D eigenvalue weighted by Gasteiger charge is 2.27. The van der Waals surface area contributed by atoms with Crippen molar-refractivity contribution >= 4 is 18.0 Å². The number of fused-ring (bicyclic) bond motifs is 1. The molecule has 1 aliphatic heterocycles. The fourth-order valence-corrected chi connectivity index (χ4v) is 3.19. The van der Waals surface area contributed by atoms with Gasteiger partial charge in [-0.05, 0) is 37.6 Å². The predicted molar refractivity (Wildman–Crippen MR) is 114 cm³/mol. The molecule has 0 aliphatic carbocycles. The highest BCUT2D eigenvalue weighted by molar-refractivity contribution is 5.91. The van der Waals surface area contributed by atoms with Crippen LogP contribution in [0.1, 0.15) is 37.5 Å². The van der Waals surface area contributed by atoms with Crippen molar-refractivity contribution in [3.05, 3.63) is 65.7 Å². The summed E-state index contributed by atoms with van der Waals surface area (Å²) in [4.78, 5) is 27.1. The average Bonchev–Trinajstić information content (AvgIpc) is 3.02. The van der Waals surface area contributed by atoms with Crippen molar-refractivity contribution in [2.45, 2.75) is 26.4 Å². The van der Waals surface area contributed by atoms with Gasteiger partial charge in [-0.15, -0.1) is 0 Å². The van der Waals surface area contributed by atoms with Crippen molar-refractivity contribution in [3.8, 4) is 11.5 Å². The Morgan fingerprint density at radius 1 is 1.03 bits per heavy atom. The fourth-order valence-electron chi connectivity index (χ4n) is 3.19. The van der Waals surface area contributed by atoms with Crippen LogP contribution >= 0.6 is 0 Å². The Morgan fingerprint density at radius 2 is 1.73 bits per heavy atom. The number of ether oxygens (including phenoxy) is 3. The molecule has 0 aromatic heterocycles. The topological polar surface area (TPSA) is 65.1 Å². The second kappa shape index (κ2) is 10.5. The second-order valence-electron chi connectivity index (χ2n) is 6.83. The molecule has 2 aromatic rings. The van der Waals surface area contributed by atoms with Gasteiger partial charge in [0.25, 0.3) is 5.91 Å². The molecule has 1 heterocycles. The molecule has 1 aliphatic rings. The van der Waals surface area contributed by atoms with Crippen LogP contribution in [-0.4, -0.2) is 43.1 Å². The van der Waals surface area contributed by atoms with Crippen LogP contribution in [0.2, 0.25) is 0 Å². The Labute approximate surface area is 177 Å². The third-order valence-corrected chi connectivity index (χ3v) is 4.82. The number of benzene rings is 2. The van der Waals surface area contributed by atoms with Gasteiger partial charge in [-0.3, -0.25) is 4.79 Å². The molecule has 0 fully saturated rings. The Kier molecular flexibility index (Phi) is 7.49. The number of hydrogen-bond acceptors (Lipinski definition) is 5. The number of carbonyl (C=O) groups is 2. The van der Waals surface area contributed by atoms with Crippen LogP contribution in [0, 0.1) is 0 Å². The van der Waals surface area contributed by atoms with E-state index < -0.39 is 12.1 Å². The van der Waals surface area contributed by atoms with Crippen molar-refractivity contribution in [2.24, 2.45) is 0 Å². The van der Waals surface area contributed by atoms with Gasteiger partial charge in [0.05, 0.1) is 13.2 Å². The zero-order valence-corrected chi connectivity index (χ0v) is 17.4. The van der Waals surface area contributed by atoms with Gasteiger partial charge in [0.1, 0.15) is 0 Å². The van der Waals surface area contributed by atoms with E-state index in [1.165, 1.54) is 6.08 Å². The third kappa shape index (κ3) is 5.41. The van der Waals surface area contributed by atoms with E-state index in [9.17, 15) is 9.59 Å². The zero-order valence-electron chi connectivity index (χ0n) is 17.4. The molecular formula is C24H27NO5. The van der Waals surface area contributed by atoms with Crippen molar-refractivity contribution < 1.29 is 23.8 Å². The van der Waals surface area contributed by atoms with E-state index in [1.807, 2.05) is 50.2 Å². The minimum Gasteiger partial charge on any atom is -0.490 e. The van der Waals surface area contributed by atoms with Crippen molar-refractivity contribution in [1.29, 1.82) is 0 Å². The molecule has 0 N–H and O–H groups in total. The number of hydrogen-bond donors (Lipinski definition) is 0. The van der Waals surface area contributed by atoms with E-state index in [0.29, 0.717) is 43.4 Å². The van der Waals surface area contributed by atoms with Crippen LogP contribution in [0.15, 0.2) is 54.6 Å². The van der Waals surface area contributed by atoms with Gasteiger partial charge in [0.15, 0.2) is 11.5 Å². The van der Waals surface area contributed by atoms with Crippen molar-refractivity contribution in [2.75, 3.05) is 26.3 Å². The molecule has 6 heteroatoms. The zero-order chi connectivity index (χ0) is 21.3. The van der Waals surface area contributed by atoms with Gasteiger partial charge < -0.3 is 19.1 Å². The van der Waals surface area contributed by atoms with Crippen LogP contribution < -0.4 is 9.47 Å². The first-order chi connectivity index (χ1) is 14.6. The third-order valence-electron chi connectivity index (χ3n) is 4.82. The lowest BCUT2D eigenvalue weighted by Gasteiger charge is -2.25. The first-order valence-electron chi connectivity index (χ1n) is 10.2. The van der Waals surface area contributed by atoms with Crippen LogP contribution in [-0.2, 0) is 14.3 Å². The van der Waals surface area contributed by atoms with Crippen molar-refractivity contribution in [3.63, 3.8) is 0 Å². The molecule has 30 heavy (non-hydrogen) atoms. The molecule has 3 rings (SSSR count). The van der Waals surface area contributed by atoms with E-state index in [4.69, 9.17) is 14.2 Å². The molecule has 2 aromatic carbocycles. The number of esters is 1. The van der Waals surface area contributed by atoms with Gasteiger partial charge in [-0.25, -0.2) is 4.79 Å². The highest BCUT2D eigenvalue weighted by Crippen LogP contribution is 2.31. The van der Waals surface area contributed by atoms with E-state index in [2.05, 4.69) is 0 Å². The number of carbonyl (C=O) groups excluding carboxylic acids is 2. The molecule has 0 saturated heterocycles. The summed E-state index contributed by atoms with van der Waals surface area (Å²) in [5, 5.41) is 0. The predicted octanol–water partition coefficient (Wildman–Crippen LogP) is 4.01. The summed E-state index contributed by atoms with van der Waals surface area (Å²) in [7, 11) is 0. The maximum Gasteiger partial charge on any atom is 0.331 e. The van der Waals surface area contributed by atoms with E-state index >= 15 is 0 Å². The largest absolute Gasteiger partial charge is 0.490 e. The first-order valence-corrected chi connectivity index (χ1v) is 10.2. The quantitative estimate of drug-likeness (QED) is 0.511. The summed E-state index contributed by atoms with van der Waals surface area (Å²) >= 11 is 0. The standard InChI is InChI=1S/C24H27NO5/c1-3-25(4-2)24(27)23(19-9-6-5-7-10-19)30-22(26)14-12-18-11-13-20-21(17-18)29-16-8-15-28-20/h5-7,9-14,17,23H,3-4,8,15-16H2,1-2H3/b14-12+/t23-/m0/s1. The highest BCUT2D eigenvalue weighted by atomic mass is 16.5. The number of likely N-dealkylation sites (N-methyl/N-ethyl adjacent to an activating group) is 1. The van der Waals surface area contributed by atoms with E-state index in [-0.39, 0.29) is 5.91 Å². The summed E-state index contributed by atoms with van der Waals surface area (Å²) in [6, 6.07) is 14.5. The number of amides is 1. The minimum atomic E-state index is -0.980. The summed E-state index contributed by atoms with van der Waals surface area (Å²) in [6.07, 6.45) is 2.81. The Balaban J connectivity index is 1.74. The molecular weight excluding hydrogens is 382 g/mol. The van der Waals surface area contributed by atoms with Crippen LogP contribution in [0.4, 0.5) is 0 Å². The molecule has 1 amide bonds. The first kappa shape index (κ1) is 21.4. The lowest BCUT2D eigenvalue weighted by atomic mass is 10.1. The molecule has 0 spiro atoms. The monoisotopic (exact) mass is 409 g/mol. The Hall–Kier alpha value is -3.28. The van der Waals surface area contributed by atoms with Gasteiger partial charge in [-0.2, -0.15) is 0 Å². The van der Waals surface area contributed by atoms with Gasteiger partial charge in [0.2, 0.25) is 6.10 Å². The summed E-state index contributed by atoms with van der Waals surface area (Å²) in [5.74, 6) is 0.531. The molecule has 0 radical (unpaired) electrons. The SMILES string of the molecule is CCN(CC)C(=O)[C@@H](OC(=O)/C=C/c1ccc2c(c1)OCCCO2)c1ccccc1. The summed E-state index contributed by atoms with van der Waals surface area (Å²) < 4.78 is 16.9. The fraction of sp³-hybridized carbons (Fsp3) is 0.333. The average molecular weight is 409 g/mol. The molecule has 6 nitrogen and oxygen atoms in total. The maximum atomic E-state index is 12.9. The summed E-state index contributed by atoms with van der Waals surface area (Å²) in [6.45, 7) is 6.10. The smallest absolute Gasteiger partial charge is 0.331 e. The number of nitrogens with zero attached hydrogens (tertiary/aromatic N) is 1. The van der Waals surface area contributed by atoms with E-state index in [0.717, 1.165) is 12.0 Å². The maximum absolute atomic E-state index is 12.9. The van der Waals surface area contributed by atoms with Crippen LogP contribution in [0.5, 0.6) is 11.5 Å². The normalized spacial score (nSPS) is 14.1.